The molecule has 0 amide bonds. The van der Waals surface area contributed by atoms with Crippen LogP contribution in [-0.4, -0.2) is 72.9 Å². The number of H-pyrrole nitrogens is 1. The Kier molecular flexibility index (Phi) is 5.75. The van der Waals surface area contributed by atoms with Crippen molar-refractivity contribution in [1.82, 2.24) is 14.8 Å². The monoisotopic (exact) mass is 545 g/mol. The maximum atomic E-state index is 13.8. The minimum Gasteiger partial charge on any atom is -0.370 e. The van der Waals surface area contributed by atoms with Crippen molar-refractivity contribution in [2.24, 2.45) is 0 Å². The molecule has 3 aromatic rings. The van der Waals surface area contributed by atoms with Crippen LogP contribution < -0.4 is 4.90 Å². The summed E-state index contributed by atoms with van der Waals surface area (Å²) in [5, 5.41) is 11.0. The van der Waals surface area contributed by atoms with Crippen molar-refractivity contribution in [2.45, 2.75) is 38.1 Å². The Hall–Kier alpha value is -2.66. The fourth-order valence-electron chi connectivity index (χ4n) is 6.45. The number of carbonyl (C=O) groups is 1. The maximum absolute atomic E-state index is 13.8. The van der Waals surface area contributed by atoms with Gasteiger partial charge >= 0.3 is 0 Å². The highest BCUT2D eigenvalue weighted by Crippen LogP contribution is 2.46. The molecule has 6 rings (SSSR count). The third-order valence-corrected chi connectivity index (χ3v) is 9.14. The van der Waals surface area contributed by atoms with Crippen LogP contribution in [0.4, 0.5) is 5.69 Å². The summed E-state index contributed by atoms with van der Waals surface area (Å²) in [4.78, 5) is 24.8. The predicted octanol–water partition coefficient (Wildman–Crippen LogP) is 4.89. The second kappa shape index (κ2) is 8.72. The Morgan fingerprint density at radius 3 is 2.47 bits per heavy atom. The Bertz CT molecular complexity index is 1400. The molecule has 0 atom stereocenters. The van der Waals surface area contributed by atoms with E-state index in [1.165, 1.54) is 0 Å². The van der Waals surface area contributed by atoms with Crippen molar-refractivity contribution in [3.8, 4) is 6.07 Å². The van der Waals surface area contributed by atoms with Crippen LogP contribution in [-0.2, 0) is 5.41 Å². The van der Waals surface area contributed by atoms with Gasteiger partial charge in [0.25, 0.3) is 0 Å². The lowest BCUT2D eigenvalue weighted by Gasteiger charge is -2.43. The highest BCUT2D eigenvalue weighted by atomic mass is 79.9. The highest BCUT2D eigenvalue weighted by Gasteiger charge is 2.41. The fourth-order valence-corrected chi connectivity index (χ4v) is 6.81. The van der Waals surface area contributed by atoms with Crippen LogP contribution in [0.5, 0.6) is 0 Å². The number of halogens is 1. The summed E-state index contributed by atoms with van der Waals surface area (Å²) < 4.78 is 0.977. The first-order chi connectivity index (χ1) is 17.3. The van der Waals surface area contributed by atoms with E-state index in [4.69, 9.17) is 0 Å². The molecule has 0 bridgehead atoms. The van der Waals surface area contributed by atoms with Gasteiger partial charge in [0, 0.05) is 77.4 Å². The van der Waals surface area contributed by atoms with Crippen LogP contribution in [0, 0.1) is 11.3 Å². The van der Waals surface area contributed by atoms with Crippen molar-refractivity contribution >= 4 is 38.3 Å². The van der Waals surface area contributed by atoms with E-state index < -0.39 is 0 Å². The zero-order chi connectivity index (χ0) is 25.2. The summed E-state index contributed by atoms with van der Waals surface area (Å²) in [6, 6.07) is 13.0. The molecular weight excluding hydrogens is 514 g/mol. The third kappa shape index (κ3) is 3.70. The van der Waals surface area contributed by atoms with Gasteiger partial charge in [0.05, 0.1) is 16.8 Å². The van der Waals surface area contributed by atoms with Gasteiger partial charge in [-0.2, -0.15) is 5.26 Å². The third-order valence-electron chi connectivity index (χ3n) is 8.65. The largest absolute Gasteiger partial charge is 0.370 e. The number of nitrogens with zero attached hydrogens (tertiary/aromatic N) is 4. The number of piperazine rings is 1. The number of likely N-dealkylation sites (N-methyl/N-ethyl adjacent to an activating group) is 1. The number of piperidine rings is 1. The van der Waals surface area contributed by atoms with E-state index in [0.29, 0.717) is 17.2 Å². The quantitative estimate of drug-likeness (QED) is 0.496. The van der Waals surface area contributed by atoms with Gasteiger partial charge in [0.15, 0.2) is 5.78 Å². The lowest BCUT2D eigenvalue weighted by Crippen LogP contribution is -2.52. The number of ketones is 1. The normalized spacial score (nSPS) is 20.9. The van der Waals surface area contributed by atoms with E-state index in [0.717, 1.165) is 90.0 Å². The van der Waals surface area contributed by atoms with E-state index >= 15 is 0 Å². The Balaban J connectivity index is 1.34. The van der Waals surface area contributed by atoms with Gasteiger partial charge in [-0.15, -0.1) is 0 Å². The second-order valence-corrected chi connectivity index (χ2v) is 12.0. The molecule has 3 aliphatic rings. The molecule has 186 valence electrons. The van der Waals surface area contributed by atoms with Crippen LogP contribution in [0.25, 0.3) is 10.9 Å². The molecule has 2 fully saturated rings. The number of aromatic amines is 1. The fraction of sp³-hybridized carbons (Fsp3) is 0.448. The highest BCUT2D eigenvalue weighted by molar-refractivity contribution is 9.10. The molecule has 2 aromatic carbocycles. The number of nitriles is 1. The molecule has 1 N–H and O–H groups in total. The average molecular weight is 547 g/mol. The number of aromatic nitrogens is 1. The van der Waals surface area contributed by atoms with Crippen molar-refractivity contribution in [1.29, 1.82) is 5.26 Å². The standard InChI is InChI=1S/C29H32BrN5O/c1-29(2)23-16-25(35-8-6-20(7-9-35)34-12-10-33(3)11-13-34)18(17-31)14-22(23)27(36)26-21-5-4-19(30)15-24(21)32-28(26)29/h4-5,14-16,20,32H,6-13H2,1-3H3. The minimum atomic E-state index is -0.384. The summed E-state index contributed by atoms with van der Waals surface area (Å²) in [6.07, 6.45) is 2.21. The molecule has 0 radical (unpaired) electrons. The van der Waals surface area contributed by atoms with Crippen LogP contribution in [0.3, 0.4) is 0 Å². The molecule has 2 saturated heterocycles. The topological polar surface area (TPSA) is 66.4 Å². The Morgan fingerprint density at radius 1 is 1.06 bits per heavy atom. The summed E-state index contributed by atoms with van der Waals surface area (Å²) >= 11 is 3.55. The number of hydrogen-bond donors (Lipinski definition) is 1. The number of hydrogen-bond acceptors (Lipinski definition) is 5. The van der Waals surface area contributed by atoms with Gasteiger partial charge in [-0.1, -0.05) is 35.8 Å². The van der Waals surface area contributed by atoms with Crippen molar-refractivity contribution < 1.29 is 4.79 Å². The predicted molar refractivity (Wildman–Crippen MR) is 147 cm³/mol. The van der Waals surface area contributed by atoms with E-state index in [1.807, 2.05) is 24.3 Å². The lowest BCUT2D eigenvalue weighted by atomic mass is 9.70. The number of benzene rings is 2. The van der Waals surface area contributed by atoms with Gasteiger partial charge < -0.3 is 14.8 Å². The van der Waals surface area contributed by atoms with Crippen LogP contribution in [0.15, 0.2) is 34.8 Å². The van der Waals surface area contributed by atoms with Crippen molar-refractivity contribution in [3.63, 3.8) is 0 Å². The Morgan fingerprint density at radius 2 is 1.78 bits per heavy atom. The van der Waals surface area contributed by atoms with Gasteiger partial charge in [0.1, 0.15) is 6.07 Å². The number of anilines is 1. The summed E-state index contributed by atoms with van der Waals surface area (Å²) in [7, 11) is 2.20. The van der Waals surface area contributed by atoms with E-state index in [1.54, 1.807) is 0 Å². The molecular formula is C29H32BrN5O. The number of rotatable bonds is 2. The lowest BCUT2D eigenvalue weighted by molar-refractivity contribution is 0.0982. The summed E-state index contributed by atoms with van der Waals surface area (Å²) in [5.74, 6) is 0.00437. The van der Waals surface area contributed by atoms with E-state index in [9.17, 15) is 10.1 Å². The maximum Gasteiger partial charge on any atom is 0.195 e. The minimum absolute atomic E-state index is 0.00437. The molecule has 1 aromatic heterocycles. The van der Waals surface area contributed by atoms with Gasteiger partial charge in [-0.05, 0) is 49.7 Å². The Labute approximate surface area is 221 Å². The molecule has 1 aliphatic carbocycles. The SMILES string of the molecule is CN1CCN(C2CCN(c3cc4c(cc3C#N)C(=O)c3c([nH]c5cc(Br)ccc35)C4(C)C)CC2)CC1. The molecule has 2 aliphatic heterocycles. The summed E-state index contributed by atoms with van der Waals surface area (Å²) in [5.41, 5.74) is 5.49. The molecule has 0 unspecified atom stereocenters. The molecule has 7 heteroatoms. The molecule has 0 saturated carbocycles. The van der Waals surface area contributed by atoms with Crippen molar-refractivity contribution in [3.05, 3.63) is 62.8 Å². The first kappa shape index (κ1) is 23.7. The van der Waals surface area contributed by atoms with Crippen LogP contribution in [0.1, 0.15) is 59.4 Å². The molecule has 6 nitrogen and oxygen atoms in total. The number of nitrogens with one attached hydrogen (secondary N) is 1. The first-order valence-electron chi connectivity index (χ1n) is 12.9. The van der Waals surface area contributed by atoms with Crippen LogP contribution in [0.2, 0.25) is 0 Å². The number of carbonyl (C=O) groups excluding carboxylic acids is 1. The summed E-state index contributed by atoms with van der Waals surface area (Å²) in [6.45, 7) is 10.8. The van der Waals surface area contributed by atoms with Gasteiger partial charge in [-0.3, -0.25) is 9.69 Å². The molecule has 0 spiro atoms. The van der Waals surface area contributed by atoms with Crippen molar-refractivity contribution in [2.75, 3.05) is 51.2 Å². The number of fused-ring (bicyclic) bond motifs is 4. The zero-order valence-electron chi connectivity index (χ0n) is 21.2. The van der Waals surface area contributed by atoms with E-state index in [-0.39, 0.29) is 11.2 Å². The smallest absolute Gasteiger partial charge is 0.195 e. The van der Waals surface area contributed by atoms with Gasteiger partial charge in [-0.25, -0.2) is 0 Å². The zero-order valence-corrected chi connectivity index (χ0v) is 22.8. The average Bonchev–Trinajstić information content (AvgIpc) is 3.27. The first-order valence-corrected chi connectivity index (χ1v) is 13.7. The molecule has 36 heavy (non-hydrogen) atoms. The van der Waals surface area contributed by atoms with Gasteiger partial charge in [0.2, 0.25) is 0 Å². The second-order valence-electron chi connectivity index (χ2n) is 11.1. The van der Waals surface area contributed by atoms with Crippen LogP contribution >= 0.6 is 15.9 Å². The molecule has 3 heterocycles. The van der Waals surface area contributed by atoms with E-state index in [2.05, 4.69) is 68.6 Å².